The zero-order valence-corrected chi connectivity index (χ0v) is 10.3. The standard InChI is InChI=1S/C13H18N2O2/c1-3-4-9-17-13(16-2)11-8-6-5-7-10(11)12(14)15-13/h5-8H,3-4,9H2,1-2H3,(H2,14,15). The number of nitrogens with two attached hydrogens (primary N) is 1. The van der Waals surface area contributed by atoms with Crippen molar-refractivity contribution in [3.8, 4) is 0 Å². The van der Waals surface area contributed by atoms with E-state index >= 15 is 0 Å². The van der Waals surface area contributed by atoms with Crippen LogP contribution in [0.5, 0.6) is 0 Å². The fraction of sp³-hybridized carbons (Fsp3) is 0.462. The monoisotopic (exact) mass is 234 g/mol. The molecule has 2 rings (SSSR count). The quantitative estimate of drug-likeness (QED) is 0.626. The van der Waals surface area contributed by atoms with Gasteiger partial charge in [0.1, 0.15) is 5.84 Å². The normalized spacial score (nSPS) is 22.4. The Bertz CT molecular complexity index is 431. The van der Waals surface area contributed by atoms with Crippen LogP contribution in [0.4, 0.5) is 0 Å². The fourth-order valence-corrected chi connectivity index (χ4v) is 1.94. The molecular weight excluding hydrogens is 216 g/mol. The molecule has 4 nitrogen and oxygen atoms in total. The number of nitrogens with zero attached hydrogens (tertiary/aromatic N) is 1. The predicted octanol–water partition coefficient (Wildman–Crippen LogP) is 1.98. The van der Waals surface area contributed by atoms with Gasteiger partial charge in [0.15, 0.2) is 0 Å². The molecule has 1 unspecified atom stereocenters. The molecular formula is C13H18N2O2. The molecule has 1 aromatic carbocycles. The SMILES string of the molecule is CCCCOC1(OC)N=C(N)c2ccccc21. The number of benzene rings is 1. The van der Waals surface area contributed by atoms with Crippen molar-refractivity contribution in [2.75, 3.05) is 13.7 Å². The number of aliphatic imine (C=N–C) groups is 1. The highest BCUT2D eigenvalue weighted by molar-refractivity contribution is 6.01. The van der Waals surface area contributed by atoms with Gasteiger partial charge in [0.2, 0.25) is 0 Å². The van der Waals surface area contributed by atoms with Crippen LogP contribution < -0.4 is 5.73 Å². The Balaban J connectivity index is 2.30. The number of fused-ring (bicyclic) bond motifs is 1. The maximum Gasteiger partial charge on any atom is 0.300 e. The van der Waals surface area contributed by atoms with E-state index in [0.717, 1.165) is 24.0 Å². The van der Waals surface area contributed by atoms with Crippen LogP contribution in [0.25, 0.3) is 0 Å². The summed E-state index contributed by atoms with van der Waals surface area (Å²) in [6, 6.07) is 7.73. The molecule has 4 heteroatoms. The molecule has 0 spiro atoms. The van der Waals surface area contributed by atoms with Crippen molar-refractivity contribution in [1.82, 2.24) is 0 Å². The molecule has 17 heavy (non-hydrogen) atoms. The molecule has 92 valence electrons. The molecule has 0 saturated carbocycles. The van der Waals surface area contributed by atoms with Gasteiger partial charge >= 0.3 is 0 Å². The first-order valence-corrected chi connectivity index (χ1v) is 5.88. The van der Waals surface area contributed by atoms with Crippen LogP contribution in [0.2, 0.25) is 0 Å². The van der Waals surface area contributed by atoms with E-state index in [9.17, 15) is 0 Å². The topological polar surface area (TPSA) is 56.8 Å². The van der Waals surface area contributed by atoms with Gasteiger partial charge in [-0.05, 0) is 6.42 Å². The minimum Gasteiger partial charge on any atom is -0.383 e. The largest absolute Gasteiger partial charge is 0.383 e. The van der Waals surface area contributed by atoms with Gasteiger partial charge in [0, 0.05) is 18.2 Å². The van der Waals surface area contributed by atoms with E-state index < -0.39 is 5.91 Å². The molecule has 1 atom stereocenters. The van der Waals surface area contributed by atoms with E-state index in [2.05, 4.69) is 11.9 Å². The van der Waals surface area contributed by atoms with Crippen molar-refractivity contribution >= 4 is 5.84 Å². The van der Waals surface area contributed by atoms with Gasteiger partial charge in [0.05, 0.1) is 6.61 Å². The van der Waals surface area contributed by atoms with E-state index in [1.54, 1.807) is 7.11 Å². The first-order valence-electron chi connectivity index (χ1n) is 5.88. The Morgan fingerprint density at radius 1 is 1.35 bits per heavy atom. The van der Waals surface area contributed by atoms with Crippen LogP contribution in [0.3, 0.4) is 0 Å². The average molecular weight is 234 g/mol. The summed E-state index contributed by atoms with van der Waals surface area (Å²) in [4.78, 5) is 4.33. The average Bonchev–Trinajstić information content (AvgIpc) is 2.65. The predicted molar refractivity (Wildman–Crippen MR) is 66.7 cm³/mol. The van der Waals surface area contributed by atoms with Crippen molar-refractivity contribution in [1.29, 1.82) is 0 Å². The van der Waals surface area contributed by atoms with Crippen LogP contribution in [0, 0.1) is 0 Å². The molecule has 0 fully saturated rings. The number of hydrogen-bond acceptors (Lipinski definition) is 4. The summed E-state index contributed by atoms with van der Waals surface area (Å²) in [5, 5.41) is 0. The second kappa shape index (κ2) is 4.85. The number of amidine groups is 1. The lowest BCUT2D eigenvalue weighted by atomic mass is 10.1. The summed E-state index contributed by atoms with van der Waals surface area (Å²) >= 11 is 0. The van der Waals surface area contributed by atoms with E-state index in [1.807, 2.05) is 24.3 Å². The number of unbranched alkanes of at least 4 members (excludes halogenated alkanes) is 1. The van der Waals surface area contributed by atoms with Crippen molar-refractivity contribution in [2.45, 2.75) is 25.7 Å². The van der Waals surface area contributed by atoms with Gasteiger partial charge in [-0.15, -0.1) is 0 Å². The number of methoxy groups -OCH3 is 1. The third kappa shape index (κ3) is 2.06. The van der Waals surface area contributed by atoms with Crippen LogP contribution in [0.15, 0.2) is 29.3 Å². The summed E-state index contributed by atoms with van der Waals surface area (Å²) < 4.78 is 11.2. The summed E-state index contributed by atoms with van der Waals surface area (Å²) in [5.41, 5.74) is 7.67. The highest BCUT2D eigenvalue weighted by Crippen LogP contribution is 2.36. The van der Waals surface area contributed by atoms with Crippen molar-refractivity contribution < 1.29 is 9.47 Å². The highest BCUT2D eigenvalue weighted by Gasteiger charge is 2.40. The van der Waals surface area contributed by atoms with Gasteiger partial charge in [0.25, 0.3) is 5.91 Å². The van der Waals surface area contributed by atoms with Crippen LogP contribution >= 0.6 is 0 Å². The van der Waals surface area contributed by atoms with Crippen LogP contribution in [0.1, 0.15) is 30.9 Å². The van der Waals surface area contributed by atoms with Gasteiger partial charge < -0.3 is 15.2 Å². The lowest BCUT2D eigenvalue weighted by molar-refractivity contribution is -0.224. The third-order valence-electron chi connectivity index (χ3n) is 2.88. The molecule has 1 aliphatic rings. The fourth-order valence-electron chi connectivity index (χ4n) is 1.94. The lowest BCUT2D eigenvalue weighted by Crippen LogP contribution is -2.28. The Labute approximate surface area is 101 Å². The minimum absolute atomic E-state index is 0.471. The second-order valence-electron chi connectivity index (χ2n) is 4.03. The highest BCUT2D eigenvalue weighted by atomic mass is 16.7. The van der Waals surface area contributed by atoms with E-state index in [-0.39, 0.29) is 0 Å². The Morgan fingerprint density at radius 2 is 2.12 bits per heavy atom. The van der Waals surface area contributed by atoms with Crippen molar-refractivity contribution in [2.24, 2.45) is 10.7 Å². The lowest BCUT2D eigenvalue weighted by Gasteiger charge is -2.25. The van der Waals surface area contributed by atoms with Crippen molar-refractivity contribution in [3.63, 3.8) is 0 Å². The smallest absolute Gasteiger partial charge is 0.300 e. The first kappa shape index (κ1) is 12.1. The molecule has 0 saturated heterocycles. The zero-order chi connectivity index (χ0) is 12.3. The van der Waals surface area contributed by atoms with Crippen molar-refractivity contribution in [3.05, 3.63) is 35.4 Å². The van der Waals surface area contributed by atoms with Gasteiger partial charge in [-0.3, -0.25) is 0 Å². The molecule has 1 heterocycles. The van der Waals surface area contributed by atoms with E-state index in [0.29, 0.717) is 12.4 Å². The third-order valence-corrected chi connectivity index (χ3v) is 2.88. The minimum atomic E-state index is -1.05. The molecule has 1 aliphatic heterocycles. The van der Waals surface area contributed by atoms with Gasteiger partial charge in [-0.2, -0.15) is 0 Å². The molecule has 0 amide bonds. The Kier molecular flexibility index (Phi) is 3.45. The first-order chi connectivity index (χ1) is 8.23. The summed E-state index contributed by atoms with van der Waals surface area (Å²) in [6.45, 7) is 2.72. The maximum absolute atomic E-state index is 5.89. The number of ether oxygens (including phenoxy) is 2. The number of hydrogen-bond donors (Lipinski definition) is 1. The summed E-state index contributed by atoms with van der Waals surface area (Å²) in [7, 11) is 1.59. The van der Waals surface area contributed by atoms with Gasteiger partial charge in [-0.1, -0.05) is 37.6 Å². The Morgan fingerprint density at radius 3 is 2.82 bits per heavy atom. The molecule has 0 aromatic heterocycles. The molecule has 0 aliphatic carbocycles. The van der Waals surface area contributed by atoms with E-state index in [1.165, 1.54) is 0 Å². The Hall–Kier alpha value is -1.39. The molecule has 2 N–H and O–H groups in total. The van der Waals surface area contributed by atoms with Crippen LogP contribution in [-0.2, 0) is 15.4 Å². The van der Waals surface area contributed by atoms with Crippen LogP contribution in [-0.4, -0.2) is 19.6 Å². The molecule has 0 radical (unpaired) electrons. The molecule has 0 bridgehead atoms. The number of rotatable bonds is 5. The summed E-state index contributed by atoms with van der Waals surface area (Å²) in [6.07, 6.45) is 2.04. The molecule has 1 aromatic rings. The van der Waals surface area contributed by atoms with E-state index in [4.69, 9.17) is 15.2 Å². The zero-order valence-electron chi connectivity index (χ0n) is 10.3. The van der Waals surface area contributed by atoms with Gasteiger partial charge in [-0.25, -0.2) is 4.99 Å². The summed E-state index contributed by atoms with van der Waals surface area (Å²) in [5.74, 6) is -0.575. The second-order valence-corrected chi connectivity index (χ2v) is 4.03. The maximum atomic E-state index is 5.89.